The van der Waals surface area contributed by atoms with Crippen molar-refractivity contribution in [2.24, 2.45) is 5.41 Å². The fourth-order valence-corrected chi connectivity index (χ4v) is 3.33. The number of pyridine rings is 1. The summed E-state index contributed by atoms with van der Waals surface area (Å²) in [5.74, 6) is -0.258. The molecule has 0 unspecified atom stereocenters. The summed E-state index contributed by atoms with van der Waals surface area (Å²) >= 11 is 0. The Labute approximate surface area is 140 Å². The van der Waals surface area contributed by atoms with Gasteiger partial charge in [0.25, 0.3) is 11.5 Å². The molecule has 6 nitrogen and oxygen atoms in total. The Bertz CT molecular complexity index is 773. The van der Waals surface area contributed by atoms with E-state index in [9.17, 15) is 9.59 Å². The standard InChI is InChI=1S/C18H23N3O3/c1-24-12-18(6-8-19-9-7-18)11-20-17(23)15-10-13-4-2-3-5-14(13)16(22)21-15/h2-5,10,19H,6-9,11-12H2,1H3,(H,20,23)(H,21,22). The molecule has 2 aromatic rings. The Kier molecular flexibility index (Phi) is 4.97. The molecule has 0 bridgehead atoms. The van der Waals surface area contributed by atoms with E-state index in [1.54, 1.807) is 19.2 Å². The molecule has 3 rings (SSSR count). The van der Waals surface area contributed by atoms with E-state index in [0.717, 1.165) is 31.3 Å². The number of ether oxygens (including phenoxy) is 1. The van der Waals surface area contributed by atoms with Gasteiger partial charge in [-0.3, -0.25) is 9.59 Å². The van der Waals surface area contributed by atoms with Crippen molar-refractivity contribution in [1.29, 1.82) is 0 Å². The molecule has 1 amide bonds. The van der Waals surface area contributed by atoms with Crippen molar-refractivity contribution >= 4 is 16.7 Å². The number of fused-ring (bicyclic) bond motifs is 1. The quantitative estimate of drug-likeness (QED) is 0.771. The summed E-state index contributed by atoms with van der Waals surface area (Å²) in [6, 6.07) is 8.96. The fourth-order valence-electron chi connectivity index (χ4n) is 3.33. The minimum atomic E-state index is -0.258. The van der Waals surface area contributed by atoms with Crippen LogP contribution in [0.5, 0.6) is 0 Å². The third-order valence-corrected chi connectivity index (χ3v) is 4.74. The van der Waals surface area contributed by atoms with Gasteiger partial charge in [0.2, 0.25) is 0 Å². The number of carbonyl (C=O) groups excluding carboxylic acids is 1. The molecule has 2 heterocycles. The van der Waals surface area contributed by atoms with E-state index < -0.39 is 0 Å². The number of H-pyrrole nitrogens is 1. The number of benzene rings is 1. The topological polar surface area (TPSA) is 83.2 Å². The van der Waals surface area contributed by atoms with E-state index in [0.29, 0.717) is 24.2 Å². The van der Waals surface area contributed by atoms with Crippen LogP contribution in [0.15, 0.2) is 35.1 Å². The van der Waals surface area contributed by atoms with Crippen LogP contribution in [0.25, 0.3) is 10.8 Å². The Balaban J connectivity index is 1.76. The first-order valence-corrected chi connectivity index (χ1v) is 8.23. The largest absolute Gasteiger partial charge is 0.384 e. The molecule has 128 valence electrons. The van der Waals surface area contributed by atoms with Gasteiger partial charge in [-0.1, -0.05) is 18.2 Å². The Morgan fingerprint density at radius 2 is 2.04 bits per heavy atom. The number of methoxy groups -OCH3 is 1. The lowest BCUT2D eigenvalue weighted by Crippen LogP contribution is -2.47. The van der Waals surface area contributed by atoms with Crippen LogP contribution >= 0.6 is 0 Å². The van der Waals surface area contributed by atoms with Crippen LogP contribution in [0.1, 0.15) is 23.3 Å². The Morgan fingerprint density at radius 3 is 2.79 bits per heavy atom. The van der Waals surface area contributed by atoms with E-state index in [1.165, 1.54) is 0 Å². The van der Waals surface area contributed by atoms with Gasteiger partial charge < -0.3 is 20.4 Å². The average Bonchev–Trinajstić information content (AvgIpc) is 2.61. The van der Waals surface area contributed by atoms with Gasteiger partial charge >= 0.3 is 0 Å². The third kappa shape index (κ3) is 3.49. The maximum Gasteiger partial charge on any atom is 0.267 e. The van der Waals surface area contributed by atoms with Crippen LogP contribution < -0.4 is 16.2 Å². The van der Waals surface area contributed by atoms with Crippen molar-refractivity contribution in [2.45, 2.75) is 12.8 Å². The van der Waals surface area contributed by atoms with Crippen LogP contribution in [-0.4, -0.2) is 44.2 Å². The van der Waals surface area contributed by atoms with Gasteiger partial charge in [-0.2, -0.15) is 0 Å². The number of aromatic nitrogens is 1. The highest BCUT2D eigenvalue weighted by molar-refractivity contribution is 5.96. The van der Waals surface area contributed by atoms with Gasteiger partial charge in [0.05, 0.1) is 6.61 Å². The number of hydrogen-bond donors (Lipinski definition) is 3. The number of amides is 1. The van der Waals surface area contributed by atoms with Crippen molar-refractivity contribution in [3.8, 4) is 0 Å². The van der Waals surface area contributed by atoms with Crippen molar-refractivity contribution in [2.75, 3.05) is 33.4 Å². The van der Waals surface area contributed by atoms with Gasteiger partial charge in [0.1, 0.15) is 5.69 Å². The summed E-state index contributed by atoms with van der Waals surface area (Å²) in [6.07, 6.45) is 1.91. The van der Waals surface area contributed by atoms with Crippen molar-refractivity contribution in [3.63, 3.8) is 0 Å². The first-order chi connectivity index (χ1) is 11.6. The second-order valence-corrected chi connectivity index (χ2v) is 6.47. The third-order valence-electron chi connectivity index (χ3n) is 4.74. The lowest BCUT2D eigenvalue weighted by Gasteiger charge is -2.37. The predicted molar refractivity (Wildman–Crippen MR) is 93.3 cm³/mol. The highest BCUT2D eigenvalue weighted by Crippen LogP contribution is 2.28. The molecular weight excluding hydrogens is 306 g/mol. The van der Waals surface area contributed by atoms with Crippen molar-refractivity contribution in [1.82, 2.24) is 15.6 Å². The summed E-state index contributed by atoms with van der Waals surface area (Å²) in [5, 5.41) is 7.65. The first-order valence-electron chi connectivity index (χ1n) is 8.23. The molecule has 0 saturated carbocycles. The fraction of sp³-hybridized carbons (Fsp3) is 0.444. The van der Waals surface area contributed by atoms with Crippen LogP contribution in [0, 0.1) is 5.41 Å². The smallest absolute Gasteiger partial charge is 0.267 e. The maximum atomic E-state index is 12.5. The van der Waals surface area contributed by atoms with E-state index in [-0.39, 0.29) is 16.9 Å². The zero-order valence-electron chi connectivity index (χ0n) is 13.9. The van der Waals surface area contributed by atoms with Crippen molar-refractivity contribution in [3.05, 3.63) is 46.4 Å². The van der Waals surface area contributed by atoms with Gasteiger partial charge in [0, 0.05) is 24.5 Å². The monoisotopic (exact) mass is 329 g/mol. The SMILES string of the molecule is COCC1(CNC(=O)c2cc3ccccc3c(=O)[nH]2)CCNCC1. The second kappa shape index (κ2) is 7.15. The minimum absolute atomic E-state index is 0.0488. The summed E-state index contributed by atoms with van der Waals surface area (Å²) < 4.78 is 5.36. The minimum Gasteiger partial charge on any atom is -0.384 e. The summed E-state index contributed by atoms with van der Waals surface area (Å²) in [5.41, 5.74) is -0.000730. The number of rotatable bonds is 5. The number of aromatic amines is 1. The lowest BCUT2D eigenvalue weighted by molar-refractivity contribution is 0.0510. The molecule has 1 aromatic heterocycles. The van der Waals surface area contributed by atoms with E-state index in [4.69, 9.17) is 4.74 Å². The molecule has 24 heavy (non-hydrogen) atoms. The normalized spacial score (nSPS) is 16.9. The number of piperidine rings is 1. The highest BCUT2D eigenvalue weighted by atomic mass is 16.5. The van der Waals surface area contributed by atoms with Gasteiger partial charge in [-0.25, -0.2) is 0 Å². The molecule has 3 N–H and O–H groups in total. The molecule has 1 aliphatic heterocycles. The van der Waals surface area contributed by atoms with Crippen molar-refractivity contribution < 1.29 is 9.53 Å². The predicted octanol–water partition coefficient (Wildman–Crippen LogP) is 1.27. The molecule has 6 heteroatoms. The molecule has 0 atom stereocenters. The summed E-state index contributed by atoms with van der Waals surface area (Å²) in [7, 11) is 1.69. The molecule has 1 aromatic carbocycles. The Morgan fingerprint density at radius 1 is 1.29 bits per heavy atom. The zero-order valence-corrected chi connectivity index (χ0v) is 13.9. The zero-order chi connectivity index (χ0) is 17.0. The highest BCUT2D eigenvalue weighted by Gasteiger charge is 2.32. The molecule has 0 spiro atoms. The van der Waals surface area contributed by atoms with Gasteiger partial charge in [0.15, 0.2) is 0 Å². The molecule has 1 saturated heterocycles. The Hall–Kier alpha value is -2.18. The number of nitrogens with one attached hydrogen (secondary N) is 3. The summed E-state index contributed by atoms with van der Waals surface area (Å²) in [6.45, 7) is 3.00. The summed E-state index contributed by atoms with van der Waals surface area (Å²) in [4.78, 5) is 27.3. The molecule has 0 aliphatic carbocycles. The van der Waals surface area contributed by atoms with E-state index >= 15 is 0 Å². The molecular formula is C18H23N3O3. The molecule has 0 radical (unpaired) electrons. The second-order valence-electron chi connectivity index (χ2n) is 6.47. The van der Waals surface area contributed by atoms with Crippen LogP contribution in [-0.2, 0) is 4.74 Å². The first kappa shape index (κ1) is 16.7. The maximum absolute atomic E-state index is 12.5. The van der Waals surface area contributed by atoms with Crippen LogP contribution in [0.4, 0.5) is 0 Å². The van der Waals surface area contributed by atoms with Crippen LogP contribution in [0.2, 0.25) is 0 Å². The van der Waals surface area contributed by atoms with E-state index in [1.807, 2.05) is 18.2 Å². The number of hydrogen-bond acceptors (Lipinski definition) is 4. The van der Waals surface area contributed by atoms with Gasteiger partial charge in [-0.05, 0) is 43.5 Å². The number of carbonyl (C=O) groups is 1. The van der Waals surface area contributed by atoms with Gasteiger partial charge in [-0.15, -0.1) is 0 Å². The van der Waals surface area contributed by atoms with E-state index in [2.05, 4.69) is 15.6 Å². The molecule has 1 fully saturated rings. The molecule has 1 aliphatic rings. The van der Waals surface area contributed by atoms with Crippen LogP contribution in [0.3, 0.4) is 0 Å². The lowest BCUT2D eigenvalue weighted by atomic mass is 9.79. The average molecular weight is 329 g/mol.